The van der Waals surface area contributed by atoms with Crippen LogP contribution in [0.3, 0.4) is 0 Å². The number of carbonyl (C=O) groups excluding carboxylic acids is 1. The quantitative estimate of drug-likeness (QED) is 0.664. The summed E-state index contributed by atoms with van der Waals surface area (Å²) in [6.07, 6.45) is 7.20. The van der Waals surface area contributed by atoms with Gasteiger partial charge in [0.15, 0.2) is 0 Å². The first-order chi connectivity index (χ1) is 9.22. The van der Waals surface area contributed by atoms with Gasteiger partial charge in [0.25, 0.3) is 5.91 Å². The summed E-state index contributed by atoms with van der Waals surface area (Å²) in [5.74, 6) is 0.189. The predicted molar refractivity (Wildman–Crippen MR) is 81.1 cm³/mol. The smallest absolute Gasteiger partial charge is 0.263 e. The van der Waals surface area contributed by atoms with E-state index in [1.54, 1.807) is 11.3 Å². The highest BCUT2D eigenvalue weighted by molar-refractivity contribution is 7.14. The van der Waals surface area contributed by atoms with Gasteiger partial charge < -0.3 is 10.2 Å². The molecule has 1 aliphatic rings. The molecule has 0 spiro atoms. The molecule has 0 atom stereocenters. The lowest BCUT2D eigenvalue weighted by atomic mass is 10.1. The Morgan fingerprint density at radius 2 is 2.16 bits per heavy atom. The van der Waals surface area contributed by atoms with Crippen LogP contribution in [0.15, 0.2) is 6.07 Å². The van der Waals surface area contributed by atoms with Crippen molar-refractivity contribution in [1.82, 2.24) is 10.2 Å². The normalized spacial score (nSPS) is 14.8. The maximum Gasteiger partial charge on any atom is 0.263 e. The summed E-state index contributed by atoms with van der Waals surface area (Å²) in [7, 11) is 3.85. The van der Waals surface area contributed by atoms with E-state index in [-0.39, 0.29) is 5.91 Å². The maximum absolute atomic E-state index is 12.4. The summed E-state index contributed by atoms with van der Waals surface area (Å²) >= 11 is 1.72. The van der Waals surface area contributed by atoms with Crippen molar-refractivity contribution < 1.29 is 4.79 Å². The van der Waals surface area contributed by atoms with Gasteiger partial charge in [-0.3, -0.25) is 4.79 Å². The van der Waals surface area contributed by atoms with Crippen LogP contribution in [0.25, 0.3) is 0 Å². The molecule has 2 rings (SSSR count). The summed E-state index contributed by atoms with van der Waals surface area (Å²) in [5.41, 5.74) is 1.43. The van der Waals surface area contributed by atoms with Crippen LogP contribution in [0.4, 0.5) is 0 Å². The minimum Gasteiger partial charge on any atom is -0.341 e. The molecule has 4 heteroatoms. The fraction of sp³-hybridized carbons (Fsp3) is 0.667. The lowest BCUT2D eigenvalue weighted by molar-refractivity contribution is 0.0798. The van der Waals surface area contributed by atoms with Crippen molar-refractivity contribution in [1.29, 1.82) is 0 Å². The third-order valence-electron chi connectivity index (χ3n) is 3.72. The number of amides is 1. The lowest BCUT2D eigenvalue weighted by Crippen LogP contribution is -2.28. The van der Waals surface area contributed by atoms with E-state index in [9.17, 15) is 4.79 Å². The van der Waals surface area contributed by atoms with Crippen LogP contribution in [-0.4, -0.2) is 38.0 Å². The Hall–Kier alpha value is -0.870. The fourth-order valence-corrected chi connectivity index (χ4v) is 3.80. The number of rotatable bonds is 5. The summed E-state index contributed by atoms with van der Waals surface area (Å²) in [5, 5.41) is 3.11. The van der Waals surface area contributed by atoms with E-state index in [0.29, 0.717) is 0 Å². The highest BCUT2D eigenvalue weighted by atomic mass is 32.1. The molecule has 0 aromatic carbocycles. The molecule has 0 saturated carbocycles. The third kappa shape index (κ3) is 3.80. The van der Waals surface area contributed by atoms with Gasteiger partial charge in [-0.15, -0.1) is 11.3 Å². The molecule has 0 fully saturated rings. The molecule has 1 aromatic rings. The number of fused-ring (bicyclic) bond motifs is 1. The maximum atomic E-state index is 12.4. The van der Waals surface area contributed by atoms with E-state index in [0.717, 1.165) is 37.2 Å². The van der Waals surface area contributed by atoms with Crippen LogP contribution in [0.1, 0.15) is 45.8 Å². The van der Waals surface area contributed by atoms with Gasteiger partial charge in [-0.1, -0.05) is 6.42 Å². The van der Waals surface area contributed by atoms with E-state index in [1.807, 2.05) is 19.0 Å². The Kier molecular flexibility index (Phi) is 5.40. The lowest BCUT2D eigenvalue weighted by Gasteiger charge is -2.15. The highest BCUT2D eigenvalue weighted by Crippen LogP contribution is 2.29. The van der Waals surface area contributed by atoms with E-state index >= 15 is 0 Å². The van der Waals surface area contributed by atoms with Gasteiger partial charge in [0.1, 0.15) is 0 Å². The molecule has 1 heterocycles. The Morgan fingerprint density at radius 1 is 1.37 bits per heavy atom. The van der Waals surface area contributed by atoms with Gasteiger partial charge in [-0.2, -0.15) is 0 Å². The number of thiophene rings is 1. The first kappa shape index (κ1) is 14.5. The molecular formula is C15H24N2OS. The molecule has 19 heavy (non-hydrogen) atoms. The Balaban J connectivity index is 1.99. The zero-order chi connectivity index (χ0) is 13.7. The molecule has 106 valence electrons. The van der Waals surface area contributed by atoms with Crippen LogP contribution in [0.2, 0.25) is 0 Å². The summed E-state index contributed by atoms with van der Waals surface area (Å²) in [6, 6.07) is 2.14. The van der Waals surface area contributed by atoms with Crippen LogP contribution in [-0.2, 0) is 12.8 Å². The second kappa shape index (κ2) is 7.06. The van der Waals surface area contributed by atoms with E-state index in [4.69, 9.17) is 0 Å². The van der Waals surface area contributed by atoms with Crippen LogP contribution in [0.5, 0.6) is 0 Å². The number of nitrogens with zero attached hydrogens (tertiary/aromatic N) is 1. The van der Waals surface area contributed by atoms with Crippen molar-refractivity contribution in [2.24, 2.45) is 0 Å². The predicted octanol–water partition coefficient (Wildman–Crippen LogP) is 2.70. The molecule has 1 aliphatic carbocycles. The van der Waals surface area contributed by atoms with E-state index < -0.39 is 0 Å². The summed E-state index contributed by atoms with van der Waals surface area (Å²) < 4.78 is 0. The molecule has 1 aromatic heterocycles. The molecule has 1 N–H and O–H groups in total. The number of hydrogen-bond acceptors (Lipinski definition) is 3. The van der Waals surface area contributed by atoms with Crippen LogP contribution >= 0.6 is 11.3 Å². The standard InChI is InChI=1S/C15H24N2OS/c1-16-9-6-10-17(2)15(18)14-11-12-7-4-3-5-8-13(12)19-14/h11,16H,3-10H2,1-2H3. The van der Waals surface area contributed by atoms with Gasteiger partial charge in [0, 0.05) is 18.5 Å². The second-order valence-electron chi connectivity index (χ2n) is 5.30. The average Bonchev–Trinajstić information content (AvgIpc) is 2.69. The topological polar surface area (TPSA) is 32.3 Å². The number of nitrogens with one attached hydrogen (secondary N) is 1. The first-order valence-electron chi connectivity index (χ1n) is 7.24. The van der Waals surface area contributed by atoms with Crippen LogP contribution in [0, 0.1) is 0 Å². The van der Waals surface area contributed by atoms with Crippen molar-refractivity contribution >= 4 is 17.2 Å². The van der Waals surface area contributed by atoms with Gasteiger partial charge >= 0.3 is 0 Å². The molecular weight excluding hydrogens is 256 g/mol. The van der Waals surface area contributed by atoms with Gasteiger partial charge in [0.2, 0.25) is 0 Å². The Labute approximate surface area is 120 Å². The van der Waals surface area contributed by atoms with Crippen molar-refractivity contribution in [3.8, 4) is 0 Å². The SMILES string of the molecule is CNCCCN(C)C(=O)c1cc2c(s1)CCCCC2. The summed E-state index contributed by atoms with van der Waals surface area (Å²) in [6.45, 7) is 1.78. The molecule has 0 aliphatic heterocycles. The zero-order valence-electron chi connectivity index (χ0n) is 12.0. The minimum absolute atomic E-state index is 0.189. The van der Waals surface area contributed by atoms with Crippen molar-refractivity contribution in [2.45, 2.75) is 38.5 Å². The minimum atomic E-state index is 0.189. The number of aryl methyl sites for hydroxylation is 2. The highest BCUT2D eigenvalue weighted by Gasteiger charge is 2.18. The van der Waals surface area contributed by atoms with E-state index in [2.05, 4.69) is 11.4 Å². The Morgan fingerprint density at radius 3 is 2.95 bits per heavy atom. The summed E-state index contributed by atoms with van der Waals surface area (Å²) in [4.78, 5) is 16.6. The fourth-order valence-electron chi connectivity index (χ4n) is 2.56. The molecule has 1 amide bonds. The monoisotopic (exact) mass is 280 g/mol. The molecule has 0 bridgehead atoms. The molecule has 0 unspecified atom stereocenters. The molecule has 0 radical (unpaired) electrons. The van der Waals surface area contributed by atoms with Crippen LogP contribution < -0.4 is 5.32 Å². The zero-order valence-corrected chi connectivity index (χ0v) is 12.8. The molecule has 0 saturated heterocycles. The van der Waals surface area contributed by atoms with Crippen molar-refractivity contribution in [2.75, 3.05) is 27.2 Å². The number of hydrogen-bond donors (Lipinski definition) is 1. The van der Waals surface area contributed by atoms with E-state index in [1.165, 1.54) is 29.7 Å². The first-order valence-corrected chi connectivity index (χ1v) is 8.05. The second-order valence-corrected chi connectivity index (χ2v) is 6.44. The Bertz CT molecular complexity index is 404. The van der Waals surface area contributed by atoms with Crippen molar-refractivity contribution in [3.63, 3.8) is 0 Å². The van der Waals surface area contributed by atoms with Gasteiger partial charge in [0.05, 0.1) is 4.88 Å². The third-order valence-corrected chi connectivity index (χ3v) is 4.95. The van der Waals surface area contributed by atoms with Gasteiger partial charge in [-0.05, 0) is 57.3 Å². The molecule has 3 nitrogen and oxygen atoms in total. The van der Waals surface area contributed by atoms with Gasteiger partial charge in [-0.25, -0.2) is 0 Å². The number of carbonyl (C=O) groups is 1. The van der Waals surface area contributed by atoms with Crippen molar-refractivity contribution in [3.05, 3.63) is 21.4 Å². The average molecular weight is 280 g/mol. The largest absolute Gasteiger partial charge is 0.341 e.